The average molecular weight is 299 g/mol. The zero-order valence-electron chi connectivity index (χ0n) is 13.1. The number of rotatable bonds is 5. The Kier molecular flexibility index (Phi) is 5.22. The fourth-order valence-corrected chi connectivity index (χ4v) is 3.37. The first-order chi connectivity index (χ1) is 10.8. The van der Waals surface area contributed by atoms with Gasteiger partial charge >= 0.3 is 0 Å². The van der Waals surface area contributed by atoms with Crippen LogP contribution in [-0.2, 0) is 11.3 Å². The van der Waals surface area contributed by atoms with Crippen molar-refractivity contribution in [2.24, 2.45) is 5.92 Å². The summed E-state index contributed by atoms with van der Waals surface area (Å²) in [6.45, 7) is 3.09. The Morgan fingerprint density at radius 2 is 2.00 bits per heavy atom. The van der Waals surface area contributed by atoms with E-state index in [-0.39, 0.29) is 5.91 Å². The second-order valence-electron chi connectivity index (χ2n) is 6.44. The molecule has 1 N–H and O–H groups in total. The average Bonchev–Trinajstić information content (AvgIpc) is 3.03. The number of pyridine rings is 1. The van der Waals surface area contributed by atoms with Crippen LogP contribution in [0.15, 0.2) is 36.7 Å². The second kappa shape index (κ2) is 7.54. The molecule has 1 saturated heterocycles. The molecule has 1 amide bonds. The van der Waals surface area contributed by atoms with Crippen LogP contribution < -0.4 is 5.32 Å². The van der Waals surface area contributed by atoms with Crippen molar-refractivity contribution in [2.45, 2.75) is 44.7 Å². The minimum Gasteiger partial charge on any atom is -0.353 e. The standard InChI is InChI=1S/C18H25N3O/c22-18(13-15-3-1-2-4-15)20-17-7-11-21(12-8-17)14-16-5-9-19-10-6-16/h1,3,5-6,9-10,15,17H,2,4,7-8,11-14H2,(H,20,22). The van der Waals surface area contributed by atoms with Gasteiger partial charge in [0, 0.05) is 44.5 Å². The summed E-state index contributed by atoms with van der Waals surface area (Å²) in [6, 6.07) is 4.50. The highest BCUT2D eigenvalue weighted by Gasteiger charge is 2.22. The maximum Gasteiger partial charge on any atom is 0.220 e. The van der Waals surface area contributed by atoms with E-state index in [1.165, 1.54) is 5.56 Å². The first-order valence-electron chi connectivity index (χ1n) is 8.37. The van der Waals surface area contributed by atoms with Crippen LogP contribution in [0, 0.1) is 5.92 Å². The molecule has 1 aliphatic carbocycles. The van der Waals surface area contributed by atoms with E-state index in [4.69, 9.17) is 0 Å². The Labute approximate surface area is 132 Å². The molecule has 1 aromatic heterocycles. The fourth-order valence-electron chi connectivity index (χ4n) is 3.37. The number of amides is 1. The van der Waals surface area contributed by atoms with E-state index in [0.717, 1.165) is 45.3 Å². The zero-order valence-corrected chi connectivity index (χ0v) is 13.1. The molecule has 4 nitrogen and oxygen atoms in total. The molecule has 0 saturated carbocycles. The van der Waals surface area contributed by atoms with E-state index in [0.29, 0.717) is 18.4 Å². The first kappa shape index (κ1) is 15.2. The molecule has 4 heteroatoms. The topological polar surface area (TPSA) is 45.2 Å². The Morgan fingerprint density at radius 3 is 2.68 bits per heavy atom. The molecule has 0 bridgehead atoms. The molecule has 2 heterocycles. The normalized spacial score (nSPS) is 22.8. The molecule has 1 fully saturated rings. The molecular formula is C18H25N3O. The maximum absolute atomic E-state index is 12.1. The first-order valence-corrected chi connectivity index (χ1v) is 8.37. The van der Waals surface area contributed by atoms with Crippen molar-refractivity contribution in [2.75, 3.05) is 13.1 Å². The highest BCUT2D eigenvalue weighted by molar-refractivity contribution is 5.76. The highest BCUT2D eigenvalue weighted by Crippen LogP contribution is 2.20. The number of likely N-dealkylation sites (tertiary alicyclic amines) is 1. The lowest BCUT2D eigenvalue weighted by molar-refractivity contribution is -0.122. The van der Waals surface area contributed by atoms with E-state index < -0.39 is 0 Å². The summed E-state index contributed by atoms with van der Waals surface area (Å²) in [7, 11) is 0. The SMILES string of the molecule is O=C(CC1C=CCC1)NC1CCN(Cc2ccncc2)CC1. The van der Waals surface area contributed by atoms with Gasteiger partial charge < -0.3 is 5.32 Å². The number of aromatic nitrogens is 1. The number of nitrogens with zero attached hydrogens (tertiary/aromatic N) is 2. The Bertz CT molecular complexity index is 506. The monoisotopic (exact) mass is 299 g/mol. The van der Waals surface area contributed by atoms with Crippen molar-refractivity contribution in [1.29, 1.82) is 0 Å². The smallest absolute Gasteiger partial charge is 0.220 e. The van der Waals surface area contributed by atoms with Crippen molar-refractivity contribution in [3.8, 4) is 0 Å². The van der Waals surface area contributed by atoms with Gasteiger partial charge in [-0.2, -0.15) is 0 Å². The third-order valence-electron chi connectivity index (χ3n) is 4.67. The molecule has 22 heavy (non-hydrogen) atoms. The lowest BCUT2D eigenvalue weighted by Gasteiger charge is -2.32. The number of allylic oxidation sites excluding steroid dienone is 2. The summed E-state index contributed by atoms with van der Waals surface area (Å²) in [4.78, 5) is 18.6. The maximum atomic E-state index is 12.1. The molecule has 3 rings (SSSR count). The van der Waals surface area contributed by atoms with Crippen molar-refractivity contribution in [3.05, 3.63) is 42.2 Å². The van der Waals surface area contributed by atoms with Gasteiger partial charge in [0.05, 0.1) is 0 Å². The molecule has 1 aliphatic heterocycles. The van der Waals surface area contributed by atoms with Gasteiger partial charge in [-0.25, -0.2) is 0 Å². The van der Waals surface area contributed by atoms with Crippen molar-refractivity contribution >= 4 is 5.91 Å². The largest absolute Gasteiger partial charge is 0.353 e. The van der Waals surface area contributed by atoms with E-state index in [1.807, 2.05) is 12.4 Å². The number of hydrogen-bond acceptors (Lipinski definition) is 3. The van der Waals surface area contributed by atoms with Crippen LogP contribution in [0.25, 0.3) is 0 Å². The summed E-state index contributed by atoms with van der Waals surface area (Å²) in [5.74, 6) is 0.691. The van der Waals surface area contributed by atoms with Crippen molar-refractivity contribution < 1.29 is 4.79 Å². The molecule has 1 atom stereocenters. The predicted molar refractivity (Wildman–Crippen MR) is 87.2 cm³/mol. The van der Waals surface area contributed by atoms with Crippen LogP contribution in [0.2, 0.25) is 0 Å². The van der Waals surface area contributed by atoms with Crippen LogP contribution in [-0.4, -0.2) is 34.9 Å². The van der Waals surface area contributed by atoms with Crippen LogP contribution in [0.3, 0.4) is 0 Å². The van der Waals surface area contributed by atoms with Crippen molar-refractivity contribution in [3.63, 3.8) is 0 Å². The molecule has 118 valence electrons. The Hall–Kier alpha value is -1.68. The summed E-state index contributed by atoms with van der Waals surface area (Å²) in [5.41, 5.74) is 1.31. The number of hydrogen-bond donors (Lipinski definition) is 1. The van der Waals surface area contributed by atoms with Crippen molar-refractivity contribution in [1.82, 2.24) is 15.2 Å². The van der Waals surface area contributed by atoms with E-state index >= 15 is 0 Å². The van der Waals surface area contributed by atoms with E-state index in [1.54, 1.807) is 0 Å². The second-order valence-corrected chi connectivity index (χ2v) is 6.44. The van der Waals surface area contributed by atoms with Crippen LogP contribution in [0.1, 0.15) is 37.7 Å². The number of nitrogens with one attached hydrogen (secondary N) is 1. The molecule has 1 aromatic rings. The molecule has 0 spiro atoms. The van der Waals surface area contributed by atoms with E-state index in [9.17, 15) is 4.79 Å². The zero-order chi connectivity index (χ0) is 15.2. The third kappa shape index (κ3) is 4.41. The molecule has 1 unspecified atom stereocenters. The molecular weight excluding hydrogens is 274 g/mol. The Balaban J connectivity index is 1.38. The van der Waals surface area contributed by atoms with Gasteiger partial charge in [0.15, 0.2) is 0 Å². The van der Waals surface area contributed by atoms with Gasteiger partial charge in [-0.15, -0.1) is 0 Å². The fraction of sp³-hybridized carbons (Fsp3) is 0.556. The molecule has 0 aromatic carbocycles. The number of piperidine rings is 1. The lowest BCUT2D eigenvalue weighted by Crippen LogP contribution is -2.44. The van der Waals surface area contributed by atoms with Crippen LogP contribution >= 0.6 is 0 Å². The van der Waals surface area contributed by atoms with Gasteiger partial charge in [0.2, 0.25) is 5.91 Å². The van der Waals surface area contributed by atoms with Gasteiger partial charge in [-0.05, 0) is 49.3 Å². The predicted octanol–water partition coefficient (Wildman–Crippen LogP) is 2.52. The molecule has 0 radical (unpaired) electrons. The van der Waals surface area contributed by atoms with Gasteiger partial charge in [-0.3, -0.25) is 14.7 Å². The summed E-state index contributed by atoms with van der Waals surface area (Å²) in [6.07, 6.45) is 13.1. The quantitative estimate of drug-likeness (QED) is 0.850. The van der Waals surface area contributed by atoms with E-state index in [2.05, 4.69) is 39.5 Å². The highest BCUT2D eigenvalue weighted by atomic mass is 16.1. The number of carbonyl (C=O) groups is 1. The summed E-state index contributed by atoms with van der Waals surface area (Å²) in [5, 5.41) is 3.22. The summed E-state index contributed by atoms with van der Waals surface area (Å²) < 4.78 is 0. The van der Waals surface area contributed by atoms with Crippen LogP contribution in [0.4, 0.5) is 0 Å². The third-order valence-corrected chi connectivity index (χ3v) is 4.67. The Morgan fingerprint density at radius 1 is 1.23 bits per heavy atom. The minimum absolute atomic E-state index is 0.226. The lowest BCUT2D eigenvalue weighted by atomic mass is 10.0. The molecule has 2 aliphatic rings. The van der Waals surface area contributed by atoms with Gasteiger partial charge in [-0.1, -0.05) is 12.2 Å². The number of carbonyl (C=O) groups excluding carboxylic acids is 1. The van der Waals surface area contributed by atoms with Crippen LogP contribution in [0.5, 0.6) is 0 Å². The summed E-state index contributed by atoms with van der Waals surface area (Å²) >= 11 is 0. The minimum atomic E-state index is 0.226. The van der Waals surface area contributed by atoms with Gasteiger partial charge in [0.25, 0.3) is 0 Å². The van der Waals surface area contributed by atoms with Gasteiger partial charge in [0.1, 0.15) is 0 Å².